The maximum Gasteiger partial charge on any atom is 0.258 e. The summed E-state index contributed by atoms with van der Waals surface area (Å²) in [6.45, 7) is 0. The molecule has 0 aliphatic rings. The first-order valence-corrected chi connectivity index (χ1v) is 6.47. The van der Waals surface area contributed by atoms with Crippen LogP contribution in [0.4, 0.5) is 5.82 Å². The number of aromatic amines is 1. The van der Waals surface area contributed by atoms with Gasteiger partial charge >= 0.3 is 0 Å². The van der Waals surface area contributed by atoms with Crippen molar-refractivity contribution in [1.82, 2.24) is 10.2 Å². The molecule has 1 heterocycles. The molecular weight excluding hydrogens is 350 g/mol. The summed E-state index contributed by atoms with van der Waals surface area (Å²) < 4.78 is 0.716. The van der Waals surface area contributed by atoms with E-state index >= 15 is 0 Å². The Morgan fingerprint density at radius 1 is 1.50 bits per heavy atom. The number of carbonyl (C=O) groups is 1. The van der Waals surface area contributed by atoms with Crippen LogP contribution in [0.5, 0.6) is 0 Å². The van der Waals surface area contributed by atoms with Crippen molar-refractivity contribution in [2.75, 3.05) is 5.32 Å². The summed E-state index contributed by atoms with van der Waals surface area (Å²) in [5.74, 6) is -0.414. The van der Waals surface area contributed by atoms with Gasteiger partial charge in [-0.3, -0.25) is 9.89 Å². The Kier molecular flexibility index (Phi) is 4.26. The number of amides is 1. The normalized spacial score (nSPS) is 11.4. The Balaban J connectivity index is 2.29. The van der Waals surface area contributed by atoms with Gasteiger partial charge in [-0.25, -0.2) is 0 Å². The molecule has 0 saturated carbocycles. The largest absolute Gasteiger partial charge is 0.409 e. The van der Waals surface area contributed by atoms with E-state index in [9.17, 15) is 4.79 Å². The molecule has 0 bridgehead atoms. The van der Waals surface area contributed by atoms with E-state index in [0.717, 1.165) is 0 Å². The van der Waals surface area contributed by atoms with Gasteiger partial charge in [-0.1, -0.05) is 32.7 Å². The van der Waals surface area contributed by atoms with Crippen LogP contribution in [0.15, 0.2) is 34.0 Å². The minimum atomic E-state index is -0.451. The summed E-state index contributed by atoms with van der Waals surface area (Å²) in [4.78, 5) is 12.1. The fraction of sp³-hybridized carbons (Fsp3) is 0. The number of nitrogens with two attached hydrogens (primary N) is 1. The Labute approximate surface area is 126 Å². The number of benzene rings is 1. The Morgan fingerprint density at radius 2 is 2.25 bits per heavy atom. The number of halogens is 2. The van der Waals surface area contributed by atoms with Crippen LogP contribution in [0, 0.1) is 0 Å². The monoisotopic (exact) mass is 357 g/mol. The standard InChI is InChI=1S/C11H9BrClN5O2/c12-5-1-2-8(13)6(3-5)11(19)16-10-7(4-15-17-10)9(14)18-20/h1-4,20H,(H2,14,18)(H2,15,16,17,19). The first-order valence-electron chi connectivity index (χ1n) is 5.30. The number of nitrogens with zero attached hydrogens (tertiary/aromatic N) is 2. The number of rotatable bonds is 3. The van der Waals surface area contributed by atoms with Gasteiger partial charge in [0.2, 0.25) is 0 Å². The second-order valence-electron chi connectivity index (χ2n) is 3.72. The van der Waals surface area contributed by atoms with Gasteiger partial charge in [0.15, 0.2) is 5.84 Å². The van der Waals surface area contributed by atoms with Crippen LogP contribution in [0.3, 0.4) is 0 Å². The predicted octanol–water partition coefficient (Wildman–Crippen LogP) is 2.17. The van der Waals surface area contributed by atoms with E-state index in [1.807, 2.05) is 0 Å². The lowest BCUT2D eigenvalue weighted by molar-refractivity contribution is 0.102. The highest BCUT2D eigenvalue weighted by Gasteiger charge is 2.16. The van der Waals surface area contributed by atoms with E-state index < -0.39 is 5.91 Å². The smallest absolute Gasteiger partial charge is 0.258 e. The summed E-state index contributed by atoms with van der Waals surface area (Å²) in [7, 11) is 0. The SMILES string of the molecule is NC(=NO)c1cn[nH]c1NC(=O)c1cc(Br)ccc1Cl. The van der Waals surface area contributed by atoms with E-state index in [1.54, 1.807) is 18.2 Å². The molecule has 0 atom stereocenters. The molecule has 9 heteroatoms. The second-order valence-corrected chi connectivity index (χ2v) is 5.05. The zero-order valence-electron chi connectivity index (χ0n) is 9.89. The van der Waals surface area contributed by atoms with Gasteiger partial charge in [0, 0.05) is 4.47 Å². The molecule has 0 aliphatic carbocycles. The first kappa shape index (κ1) is 14.4. The molecule has 7 nitrogen and oxygen atoms in total. The van der Waals surface area contributed by atoms with E-state index in [-0.39, 0.29) is 22.8 Å². The van der Waals surface area contributed by atoms with Gasteiger partial charge in [0.1, 0.15) is 5.82 Å². The quantitative estimate of drug-likeness (QED) is 0.291. The van der Waals surface area contributed by atoms with Gasteiger partial charge in [-0.05, 0) is 18.2 Å². The third-order valence-electron chi connectivity index (χ3n) is 2.43. The highest BCUT2D eigenvalue weighted by Crippen LogP contribution is 2.22. The Morgan fingerprint density at radius 3 is 2.95 bits per heavy atom. The zero-order valence-corrected chi connectivity index (χ0v) is 12.2. The van der Waals surface area contributed by atoms with Crippen molar-refractivity contribution in [3.63, 3.8) is 0 Å². The molecule has 0 radical (unpaired) electrons. The van der Waals surface area contributed by atoms with Crippen molar-refractivity contribution < 1.29 is 10.0 Å². The van der Waals surface area contributed by atoms with Crippen molar-refractivity contribution in [1.29, 1.82) is 0 Å². The number of hydrogen-bond acceptors (Lipinski definition) is 4. The van der Waals surface area contributed by atoms with E-state index in [0.29, 0.717) is 9.50 Å². The number of oxime groups is 1. The van der Waals surface area contributed by atoms with E-state index in [2.05, 4.69) is 36.6 Å². The maximum atomic E-state index is 12.1. The van der Waals surface area contributed by atoms with Crippen LogP contribution in [0.2, 0.25) is 5.02 Å². The summed E-state index contributed by atoms with van der Waals surface area (Å²) in [5, 5.41) is 20.6. The number of carbonyl (C=O) groups excluding carboxylic acids is 1. The molecule has 2 aromatic rings. The highest BCUT2D eigenvalue weighted by molar-refractivity contribution is 9.10. The molecule has 104 valence electrons. The van der Waals surface area contributed by atoms with Gasteiger partial charge in [-0.15, -0.1) is 0 Å². The Bertz CT molecular complexity index is 685. The summed E-state index contributed by atoms with van der Waals surface area (Å²) in [6, 6.07) is 4.90. The van der Waals surface area contributed by atoms with Crippen LogP contribution in [-0.4, -0.2) is 27.1 Å². The van der Waals surface area contributed by atoms with Gasteiger partial charge in [-0.2, -0.15) is 5.10 Å². The number of hydrogen-bond donors (Lipinski definition) is 4. The third-order valence-corrected chi connectivity index (χ3v) is 3.26. The van der Waals surface area contributed by atoms with Crippen LogP contribution in [-0.2, 0) is 0 Å². The van der Waals surface area contributed by atoms with Crippen LogP contribution in [0.1, 0.15) is 15.9 Å². The summed E-state index contributed by atoms with van der Waals surface area (Å²) in [5.41, 5.74) is 6.01. The minimum Gasteiger partial charge on any atom is -0.409 e. The van der Waals surface area contributed by atoms with Gasteiger partial charge < -0.3 is 16.3 Å². The molecule has 1 amide bonds. The van der Waals surface area contributed by atoms with Crippen molar-refractivity contribution in [3.8, 4) is 0 Å². The number of nitrogens with one attached hydrogen (secondary N) is 2. The molecule has 0 aliphatic heterocycles. The van der Waals surface area contributed by atoms with Crippen molar-refractivity contribution >= 4 is 45.1 Å². The van der Waals surface area contributed by atoms with Gasteiger partial charge in [0.25, 0.3) is 5.91 Å². The highest BCUT2D eigenvalue weighted by atomic mass is 79.9. The molecule has 2 rings (SSSR count). The van der Waals surface area contributed by atoms with Crippen LogP contribution in [0.25, 0.3) is 0 Å². The average molecular weight is 359 g/mol. The number of H-pyrrole nitrogens is 1. The van der Waals surface area contributed by atoms with E-state index in [1.165, 1.54) is 6.20 Å². The lowest BCUT2D eigenvalue weighted by Crippen LogP contribution is -2.18. The lowest BCUT2D eigenvalue weighted by Gasteiger charge is -2.07. The molecule has 0 saturated heterocycles. The fourth-order valence-corrected chi connectivity index (χ4v) is 2.05. The number of aromatic nitrogens is 2. The third kappa shape index (κ3) is 2.91. The fourth-order valence-electron chi connectivity index (χ4n) is 1.48. The minimum absolute atomic E-state index is 0.172. The average Bonchev–Trinajstić information content (AvgIpc) is 2.88. The number of anilines is 1. The molecular formula is C11H9BrClN5O2. The van der Waals surface area contributed by atoms with Gasteiger partial charge in [0.05, 0.1) is 22.3 Å². The number of amidine groups is 1. The van der Waals surface area contributed by atoms with Crippen LogP contribution < -0.4 is 11.1 Å². The summed E-state index contributed by atoms with van der Waals surface area (Å²) >= 11 is 9.23. The topological polar surface area (TPSA) is 116 Å². The lowest BCUT2D eigenvalue weighted by atomic mass is 10.2. The summed E-state index contributed by atoms with van der Waals surface area (Å²) in [6.07, 6.45) is 1.33. The second kappa shape index (κ2) is 5.93. The molecule has 1 aromatic carbocycles. The molecule has 1 aromatic heterocycles. The molecule has 0 fully saturated rings. The molecule has 0 unspecified atom stereocenters. The molecule has 0 spiro atoms. The molecule has 5 N–H and O–H groups in total. The van der Waals surface area contributed by atoms with Crippen LogP contribution >= 0.6 is 27.5 Å². The molecule has 20 heavy (non-hydrogen) atoms. The maximum absolute atomic E-state index is 12.1. The first-order chi connectivity index (χ1) is 9.52. The predicted molar refractivity (Wildman–Crippen MR) is 78.2 cm³/mol. The van der Waals surface area contributed by atoms with E-state index in [4.69, 9.17) is 22.5 Å². The Hall–Kier alpha value is -2.06. The van der Waals surface area contributed by atoms with Crippen molar-refractivity contribution in [2.24, 2.45) is 10.9 Å². The van der Waals surface area contributed by atoms with Crippen molar-refractivity contribution in [2.45, 2.75) is 0 Å². The van der Waals surface area contributed by atoms with Crippen molar-refractivity contribution in [3.05, 3.63) is 45.0 Å². The zero-order chi connectivity index (χ0) is 14.7.